The fourth-order valence-electron chi connectivity index (χ4n) is 3.57. The van der Waals surface area contributed by atoms with Gasteiger partial charge in [0.2, 0.25) is 11.8 Å². The van der Waals surface area contributed by atoms with E-state index in [1.54, 1.807) is 6.20 Å². The molecule has 0 aromatic carbocycles. The predicted octanol–water partition coefficient (Wildman–Crippen LogP) is 0.301. The molecule has 9 nitrogen and oxygen atoms in total. The minimum Gasteiger partial charge on any atom is -0.353 e. The second-order valence-corrected chi connectivity index (χ2v) is 7.41. The van der Waals surface area contributed by atoms with E-state index in [0.717, 1.165) is 11.3 Å². The Morgan fingerprint density at radius 2 is 1.97 bits per heavy atom. The number of hydrogen-bond acceptors (Lipinski definition) is 5. The Bertz CT molecular complexity index is 989. The number of rotatable bonds is 6. The highest BCUT2D eigenvalue weighted by Crippen LogP contribution is 2.24. The molecule has 0 aliphatic heterocycles. The third-order valence-corrected chi connectivity index (χ3v) is 5.14. The first-order valence-corrected chi connectivity index (χ1v) is 9.70. The van der Waals surface area contributed by atoms with Gasteiger partial charge in [-0.1, -0.05) is 0 Å². The fourth-order valence-corrected chi connectivity index (χ4v) is 3.57. The number of H-pyrrole nitrogens is 2. The summed E-state index contributed by atoms with van der Waals surface area (Å²) in [6.07, 6.45) is 5.70. The van der Waals surface area contributed by atoms with Crippen molar-refractivity contribution < 1.29 is 9.59 Å². The van der Waals surface area contributed by atoms with E-state index in [-0.39, 0.29) is 35.8 Å². The number of carbonyl (C=O) groups excluding carboxylic acids is 2. The highest BCUT2D eigenvalue weighted by molar-refractivity contribution is 5.79. The second-order valence-electron chi connectivity index (χ2n) is 7.41. The number of aromatic amines is 2. The summed E-state index contributed by atoms with van der Waals surface area (Å²) < 4.78 is 0. The Morgan fingerprint density at radius 3 is 2.66 bits per heavy atom. The Kier molecular flexibility index (Phi) is 6.58. The molecule has 2 aromatic rings. The lowest BCUT2D eigenvalue weighted by Gasteiger charge is -2.28. The van der Waals surface area contributed by atoms with E-state index >= 15 is 0 Å². The molecule has 3 rings (SSSR count). The number of nitrogens with zero attached hydrogens (tertiary/aromatic N) is 1. The van der Waals surface area contributed by atoms with Gasteiger partial charge in [0.05, 0.1) is 6.42 Å². The SMILES string of the molecule is Cc1cc(CNC(=O)C2CCC(NC(=O)Cc3c[nH]c(=O)[nH]c3=O)CC2)ccn1. The van der Waals surface area contributed by atoms with Gasteiger partial charge in [-0.3, -0.25) is 24.4 Å². The van der Waals surface area contributed by atoms with Crippen molar-refractivity contribution in [2.75, 3.05) is 0 Å². The lowest BCUT2D eigenvalue weighted by Crippen LogP contribution is -2.42. The van der Waals surface area contributed by atoms with Crippen molar-refractivity contribution in [3.8, 4) is 0 Å². The van der Waals surface area contributed by atoms with E-state index in [1.165, 1.54) is 6.20 Å². The summed E-state index contributed by atoms with van der Waals surface area (Å²) >= 11 is 0. The Labute approximate surface area is 167 Å². The smallest absolute Gasteiger partial charge is 0.325 e. The zero-order chi connectivity index (χ0) is 20.8. The van der Waals surface area contributed by atoms with Crippen molar-refractivity contribution in [3.05, 3.63) is 62.2 Å². The predicted molar refractivity (Wildman–Crippen MR) is 106 cm³/mol. The molecule has 1 fully saturated rings. The number of hydrogen-bond donors (Lipinski definition) is 4. The lowest BCUT2D eigenvalue weighted by molar-refractivity contribution is -0.126. The number of amides is 2. The van der Waals surface area contributed by atoms with E-state index in [0.29, 0.717) is 32.2 Å². The van der Waals surface area contributed by atoms with Gasteiger partial charge < -0.3 is 15.6 Å². The van der Waals surface area contributed by atoms with Crippen molar-refractivity contribution in [3.63, 3.8) is 0 Å². The van der Waals surface area contributed by atoms with Crippen molar-refractivity contribution in [1.29, 1.82) is 0 Å². The van der Waals surface area contributed by atoms with Crippen molar-refractivity contribution in [2.24, 2.45) is 5.92 Å². The summed E-state index contributed by atoms with van der Waals surface area (Å²) in [7, 11) is 0. The van der Waals surface area contributed by atoms with Crippen LogP contribution in [0.2, 0.25) is 0 Å². The molecule has 1 saturated carbocycles. The number of aromatic nitrogens is 3. The third kappa shape index (κ3) is 5.87. The lowest BCUT2D eigenvalue weighted by atomic mass is 9.85. The minimum atomic E-state index is -0.602. The van der Waals surface area contributed by atoms with Crippen LogP contribution in [0.4, 0.5) is 0 Å². The number of aryl methyl sites for hydroxylation is 1. The number of pyridine rings is 1. The molecule has 0 radical (unpaired) electrons. The Morgan fingerprint density at radius 1 is 1.21 bits per heavy atom. The van der Waals surface area contributed by atoms with E-state index in [1.807, 2.05) is 19.1 Å². The summed E-state index contributed by atoms with van der Waals surface area (Å²) in [6.45, 7) is 2.39. The van der Waals surface area contributed by atoms with Crippen LogP contribution >= 0.6 is 0 Å². The van der Waals surface area contributed by atoms with Crippen LogP contribution in [0, 0.1) is 12.8 Å². The summed E-state index contributed by atoms with van der Waals surface area (Å²) in [4.78, 5) is 55.9. The fraction of sp³-hybridized carbons (Fsp3) is 0.450. The molecule has 0 unspecified atom stereocenters. The topological polar surface area (TPSA) is 137 Å². The molecule has 0 atom stereocenters. The molecule has 0 spiro atoms. The van der Waals surface area contributed by atoms with E-state index in [2.05, 4.69) is 25.6 Å². The largest absolute Gasteiger partial charge is 0.353 e. The second kappa shape index (κ2) is 9.31. The summed E-state index contributed by atoms with van der Waals surface area (Å²) in [5, 5.41) is 5.88. The molecule has 9 heteroatoms. The van der Waals surface area contributed by atoms with Gasteiger partial charge in [0.1, 0.15) is 0 Å². The maximum atomic E-state index is 12.4. The maximum Gasteiger partial charge on any atom is 0.325 e. The van der Waals surface area contributed by atoms with Crippen LogP contribution in [0.5, 0.6) is 0 Å². The Balaban J connectivity index is 1.42. The molecule has 0 saturated heterocycles. The van der Waals surface area contributed by atoms with Crippen LogP contribution in [-0.4, -0.2) is 32.8 Å². The van der Waals surface area contributed by atoms with Crippen molar-refractivity contribution in [2.45, 2.75) is 51.6 Å². The van der Waals surface area contributed by atoms with Crippen LogP contribution in [0.25, 0.3) is 0 Å². The van der Waals surface area contributed by atoms with Crippen LogP contribution in [0.3, 0.4) is 0 Å². The average molecular weight is 399 g/mol. The molecule has 2 heterocycles. The number of carbonyl (C=O) groups is 2. The Hall–Kier alpha value is -3.23. The van der Waals surface area contributed by atoms with E-state index in [9.17, 15) is 19.2 Å². The standard InChI is InChI=1S/C20H25N5O4/c1-12-8-13(6-7-21-12)10-22-18(27)14-2-4-16(5-3-14)24-17(26)9-15-11-23-20(29)25-19(15)28/h6-8,11,14,16H,2-5,9-10H2,1H3,(H,22,27)(H,24,26)(H2,23,25,28,29). The molecule has 2 amide bonds. The van der Waals surface area contributed by atoms with Gasteiger partial charge in [0.25, 0.3) is 5.56 Å². The van der Waals surface area contributed by atoms with Crippen LogP contribution in [0.1, 0.15) is 42.5 Å². The minimum absolute atomic E-state index is 0.0174. The molecule has 2 aromatic heterocycles. The molecule has 1 aliphatic rings. The first-order chi connectivity index (χ1) is 13.9. The normalized spacial score (nSPS) is 18.8. The average Bonchev–Trinajstić information content (AvgIpc) is 2.69. The third-order valence-electron chi connectivity index (χ3n) is 5.14. The molecule has 1 aliphatic carbocycles. The molecular weight excluding hydrogens is 374 g/mol. The van der Waals surface area contributed by atoms with Gasteiger partial charge in [-0.25, -0.2) is 4.79 Å². The maximum absolute atomic E-state index is 12.4. The summed E-state index contributed by atoms with van der Waals surface area (Å²) in [6, 6.07) is 3.81. The van der Waals surface area contributed by atoms with Crippen LogP contribution in [-0.2, 0) is 22.6 Å². The zero-order valence-electron chi connectivity index (χ0n) is 16.3. The molecular formula is C20H25N5O4. The molecule has 4 N–H and O–H groups in total. The molecule has 0 bridgehead atoms. The monoisotopic (exact) mass is 399 g/mol. The molecule has 29 heavy (non-hydrogen) atoms. The van der Waals surface area contributed by atoms with E-state index in [4.69, 9.17) is 0 Å². The zero-order valence-corrected chi connectivity index (χ0v) is 16.3. The summed E-state index contributed by atoms with van der Waals surface area (Å²) in [5.74, 6) is -0.305. The quantitative estimate of drug-likeness (QED) is 0.554. The van der Waals surface area contributed by atoms with Crippen molar-refractivity contribution in [1.82, 2.24) is 25.6 Å². The van der Waals surface area contributed by atoms with Gasteiger partial charge in [-0.05, 0) is 50.3 Å². The van der Waals surface area contributed by atoms with Crippen molar-refractivity contribution >= 4 is 11.8 Å². The van der Waals surface area contributed by atoms with Gasteiger partial charge in [0.15, 0.2) is 0 Å². The van der Waals surface area contributed by atoms with Gasteiger partial charge in [-0.2, -0.15) is 0 Å². The highest BCUT2D eigenvalue weighted by atomic mass is 16.2. The van der Waals surface area contributed by atoms with E-state index < -0.39 is 11.2 Å². The van der Waals surface area contributed by atoms with Crippen LogP contribution in [0.15, 0.2) is 34.1 Å². The highest BCUT2D eigenvalue weighted by Gasteiger charge is 2.27. The van der Waals surface area contributed by atoms with Gasteiger partial charge >= 0.3 is 5.69 Å². The van der Waals surface area contributed by atoms with Gasteiger partial charge in [-0.15, -0.1) is 0 Å². The molecule has 154 valence electrons. The first kappa shape index (κ1) is 20.5. The first-order valence-electron chi connectivity index (χ1n) is 9.70. The van der Waals surface area contributed by atoms with Crippen LogP contribution < -0.4 is 21.9 Å². The van der Waals surface area contributed by atoms with Gasteiger partial charge in [0, 0.05) is 42.2 Å². The summed E-state index contributed by atoms with van der Waals surface area (Å²) in [5.41, 5.74) is 0.978. The number of nitrogens with one attached hydrogen (secondary N) is 4.